The highest BCUT2D eigenvalue weighted by Crippen LogP contribution is 2.36. The summed E-state index contributed by atoms with van der Waals surface area (Å²) in [4.78, 5) is 17.2. The van der Waals surface area contributed by atoms with Crippen molar-refractivity contribution in [3.05, 3.63) is 96.6 Å². The Morgan fingerprint density at radius 2 is 1.47 bits per heavy atom. The summed E-state index contributed by atoms with van der Waals surface area (Å²) in [5, 5.41) is 4.09. The molecule has 0 unspecified atom stereocenters. The smallest absolute Gasteiger partial charge is 0.224 e. The fourth-order valence-corrected chi connectivity index (χ4v) is 5.05. The molecule has 5 heteroatoms. The molecule has 3 aromatic carbocycles. The minimum absolute atomic E-state index is 0.0837. The molecule has 0 aliphatic rings. The van der Waals surface area contributed by atoms with E-state index in [4.69, 9.17) is 4.98 Å². The molecule has 4 aromatic rings. The van der Waals surface area contributed by atoms with E-state index < -0.39 is 0 Å². The zero-order valence-corrected chi connectivity index (χ0v) is 20.4. The molecule has 0 saturated carbocycles. The third kappa shape index (κ3) is 6.17. The summed E-state index contributed by atoms with van der Waals surface area (Å²) in [6.07, 6.45) is 2.42. The first-order valence-electron chi connectivity index (χ1n) is 11.9. The summed E-state index contributed by atoms with van der Waals surface area (Å²) in [5.41, 5.74) is 5.57. The van der Waals surface area contributed by atoms with Crippen LogP contribution in [0.1, 0.15) is 25.3 Å². The number of thioether (sulfide) groups is 1. The van der Waals surface area contributed by atoms with Gasteiger partial charge in [-0.1, -0.05) is 103 Å². The summed E-state index contributed by atoms with van der Waals surface area (Å²) >= 11 is 1.80. The Kier molecular flexibility index (Phi) is 8.58. The number of carbonyl (C=O) groups is 1. The van der Waals surface area contributed by atoms with E-state index in [1.54, 1.807) is 11.8 Å². The first kappa shape index (κ1) is 23.8. The molecule has 0 fully saturated rings. The number of rotatable bonds is 11. The fraction of sp³-hybridized carbons (Fsp3) is 0.241. The van der Waals surface area contributed by atoms with Crippen molar-refractivity contribution in [3.63, 3.8) is 0 Å². The SMILES string of the molecule is CCn1c(SCCCCNC(=O)Cc2ccccc2)nc(-c2ccccc2)c1-c1ccccc1. The molecule has 4 rings (SSSR count). The van der Waals surface area contributed by atoms with E-state index >= 15 is 0 Å². The van der Waals surface area contributed by atoms with E-state index in [9.17, 15) is 4.79 Å². The molecule has 0 aliphatic carbocycles. The number of carbonyl (C=O) groups excluding carboxylic acids is 1. The van der Waals surface area contributed by atoms with Crippen LogP contribution in [0.15, 0.2) is 96.2 Å². The highest BCUT2D eigenvalue weighted by atomic mass is 32.2. The van der Waals surface area contributed by atoms with Gasteiger partial charge in [-0.15, -0.1) is 0 Å². The largest absolute Gasteiger partial charge is 0.356 e. The minimum atomic E-state index is 0.0837. The molecule has 1 N–H and O–H groups in total. The lowest BCUT2D eigenvalue weighted by Crippen LogP contribution is -2.26. The Morgan fingerprint density at radius 3 is 2.12 bits per heavy atom. The van der Waals surface area contributed by atoms with Gasteiger partial charge in [-0.25, -0.2) is 4.98 Å². The molecular weight excluding hydrogens is 438 g/mol. The lowest BCUT2D eigenvalue weighted by Gasteiger charge is -2.11. The molecule has 174 valence electrons. The second-order valence-electron chi connectivity index (χ2n) is 8.14. The van der Waals surface area contributed by atoms with Crippen molar-refractivity contribution >= 4 is 17.7 Å². The Hall–Kier alpha value is -3.31. The van der Waals surface area contributed by atoms with E-state index in [-0.39, 0.29) is 5.91 Å². The van der Waals surface area contributed by atoms with E-state index in [0.717, 1.165) is 47.1 Å². The number of hydrogen-bond donors (Lipinski definition) is 1. The minimum Gasteiger partial charge on any atom is -0.356 e. The number of aromatic nitrogens is 2. The molecular formula is C29H31N3OS. The van der Waals surface area contributed by atoms with E-state index in [2.05, 4.69) is 65.3 Å². The maximum Gasteiger partial charge on any atom is 0.224 e. The first-order chi connectivity index (χ1) is 16.8. The predicted octanol–water partition coefficient (Wildman–Crippen LogP) is 6.47. The summed E-state index contributed by atoms with van der Waals surface area (Å²) < 4.78 is 2.32. The van der Waals surface area contributed by atoms with Crippen LogP contribution in [0, 0.1) is 0 Å². The van der Waals surface area contributed by atoms with Crippen molar-refractivity contribution < 1.29 is 4.79 Å². The standard InChI is InChI=1S/C29H31N3OS/c1-2-32-28(25-18-10-5-11-19-25)27(24-16-8-4-9-17-24)31-29(32)34-21-13-12-20-30-26(33)22-23-14-6-3-7-15-23/h3-11,14-19H,2,12-13,20-22H2,1H3,(H,30,33). The highest BCUT2D eigenvalue weighted by molar-refractivity contribution is 7.99. The van der Waals surface area contributed by atoms with E-state index in [1.807, 2.05) is 42.5 Å². The van der Waals surface area contributed by atoms with Crippen molar-refractivity contribution in [2.75, 3.05) is 12.3 Å². The van der Waals surface area contributed by atoms with Gasteiger partial charge in [-0.05, 0) is 25.3 Å². The maximum atomic E-state index is 12.1. The Morgan fingerprint density at radius 1 is 0.853 bits per heavy atom. The van der Waals surface area contributed by atoms with E-state index in [0.29, 0.717) is 13.0 Å². The van der Waals surface area contributed by atoms with Crippen LogP contribution in [-0.2, 0) is 17.8 Å². The molecule has 0 atom stereocenters. The van der Waals surface area contributed by atoms with Gasteiger partial charge in [0.15, 0.2) is 5.16 Å². The van der Waals surface area contributed by atoms with Crippen molar-refractivity contribution in [2.45, 2.75) is 37.9 Å². The van der Waals surface area contributed by atoms with Crippen LogP contribution in [0.4, 0.5) is 0 Å². The van der Waals surface area contributed by atoms with Gasteiger partial charge in [0.25, 0.3) is 0 Å². The number of benzene rings is 3. The Bertz CT molecular complexity index is 1170. The highest BCUT2D eigenvalue weighted by Gasteiger charge is 2.19. The Labute approximate surface area is 206 Å². The van der Waals surface area contributed by atoms with Gasteiger partial charge >= 0.3 is 0 Å². The zero-order valence-electron chi connectivity index (χ0n) is 19.6. The topological polar surface area (TPSA) is 46.9 Å². The van der Waals surface area contributed by atoms with E-state index in [1.165, 1.54) is 11.3 Å². The van der Waals surface area contributed by atoms with Gasteiger partial charge in [0.05, 0.1) is 17.8 Å². The van der Waals surface area contributed by atoms with Gasteiger partial charge in [0, 0.05) is 30.0 Å². The molecule has 1 heterocycles. The van der Waals surface area contributed by atoms with Gasteiger partial charge in [0.1, 0.15) is 0 Å². The Balaban J connectivity index is 1.37. The number of imidazole rings is 1. The van der Waals surface area contributed by atoms with Crippen molar-refractivity contribution in [2.24, 2.45) is 0 Å². The molecule has 0 radical (unpaired) electrons. The van der Waals surface area contributed by atoms with Crippen LogP contribution in [0.2, 0.25) is 0 Å². The van der Waals surface area contributed by atoms with Gasteiger partial charge in [-0.2, -0.15) is 0 Å². The molecule has 34 heavy (non-hydrogen) atoms. The number of unbranched alkanes of at least 4 members (excludes halogenated alkanes) is 1. The second-order valence-corrected chi connectivity index (χ2v) is 9.20. The van der Waals surface area contributed by atoms with Gasteiger partial charge in [0.2, 0.25) is 5.91 Å². The summed E-state index contributed by atoms with van der Waals surface area (Å²) in [5.74, 6) is 1.05. The van der Waals surface area contributed by atoms with Crippen molar-refractivity contribution in [1.29, 1.82) is 0 Å². The molecule has 0 bridgehead atoms. The number of hydrogen-bond acceptors (Lipinski definition) is 3. The molecule has 4 nitrogen and oxygen atoms in total. The lowest BCUT2D eigenvalue weighted by molar-refractivity contribution is -0.120. The molecule has 0 saturated heterocycles. The monoisotopic (exact) mass is 469 g/mol. The van der Waals surface area contributed by atoms with Gasteiger partial charge in [-0.3, -0.25) is 4.79 Å². The van der Waals surface area contributed by atoms with Crippen LogP contribution in [0.25, 0.3) is 22.5 Å². The van der Waals surface area contributed by atoms with Crippen LogP contribution >= 0.6 is 11.8 Å². The van der Waals surface area contributed by atoms with Crippen LogP contribution in [0.3, 0.4) is 0 Å². The quantitative estimate of drug-likeness (QED) is 0.202. The average molecular weight is 470 g/mol. The average Bonchev–Trinajstić information content (AvgIpc) is 3.26. The molecule has 1 aromatic heterocycles. The fourth-order valence-electron chi connectivity index (χ4n) is 3.98. The van der Waals surface area contributed by atoms with Crippen LogP contribution < -0.4 is 5.32 Å². The number of nitrogens with one attached hydrogen (secondary N) is 1. The van der Waals surface area contributed by atoms with Gasteiger partial charge < -0.3 is 9.88 Å². The lowest BCUT2D eigenvalue weighted by atomic mass is 10.0. The van der Waals surface area contributed by atoms with Crippen LogP contribution in [0.5, 0.6) is 0 Å². The summed E-state index contributed by atoms with van der Waals surface area (Å²) in [6, 6.07) is 30.8. The summed E-state index contributed by atoms with van der Waals surface area (Å²) in [7, 11) is 0. The first-order valence-corrected chi connectivity index (χ1v) is 12.9. The molecule has 1 amide bonds. The number of amides is 1. The maximum absolute atomic E-state index is 12.1. The second kappa shape index (κ2) is 12.2. The molecule has 0 spiro atoms. The normalized spacial score (nSPS) is 10.9. The summed E-state index contributed by atoms with van der Waals surface area (Å²) in [6.45, 7) is 3.75. The molecule has 0 aliphatic heterocycles. The van der Waals surface area contributed by atoms with Crippen LogP contribution in [-0.4, -0.2) is 27.8 Å². The number of nitrogens with zero attached hydrogens (tertiary/aromatic N) is 2. The zero-order chi connectivity index (χ0) is 23.6. The predicted molar refractivity (Wildman–Crippen MR) is 142 cm³/mol. The van der Waals surface area contributed by atoms with Crippen molar-refractivity contribution in [3.8, 4) is 22.5 Å². The van der Waals surface area contributed by atoms with Crippen molar-refractivity contribution in [1.82, 2.24) is 14.9 Å². The third-order valence-electron chi connectivity index (χ3n) is 5.68. The third-order valence-corrected chi connectivity index (χ3v) is 6.74.